The van der Waals surface area contributed by atoms with Crippen molar-refractivity contribution in [1.29, 1.82) is 0 Å². The van der Waals surface area contributed by atoms with E-state index in [4.69, 9.17) is 42.6 Å². The van der Waals surface area contributed by atoms with Crippen LogP contribution in [0.4, 0.5) is 0 Å². The van der Waals surface area contributed by atoms with Crippen LogP contribution in [0.5, 0.6) is 0 Å². The molecule has 0 radical (unpaired) electrons. The van der Waals surface area contributed by atoms with Crippen molar-refractivity contribution in [2.45, 2.75) is 193 Å². The molecule has 0 saturated carbocycles. The first-order valence-corrected chi connectivity index (χ1v) is 21.9. The number of esters is 4. The van der Waals surface area contributed by atoms with E-state index in [-0.39, 0.29) is 38.0 Å². The van der Waals surface area contributed by atoms with Crippen LogP contribution in [-0.2, 0) is 66.6 Å². The molecule has 0 aromatic heterocycles. The summed E-state index contributed by atoms with van der Waals surface area (Å²) in [6, 6.07) is -0.804. The number of nitrogens with zero attached hydrogens (tertiary/aromatic N) is 1. The second-order valence-corrected chi connectivity index (χ2v) is 17.8. The summed E-state index contributed by atoms with van der Waals surface area (Å²) in [6.45, 7) is 15.2. The Kier molecular flexibility index (Phi) is 21.1. The first-order valence-electron chi connectivity index (χ1n) is 21.9. The van der Waals surface area contributed by atoms with Crippen molar-refractivity contribution in [3.8, 4) is 0 Å². The molecule has 2 saturated heterocycles. The predicted molar refractivity (Wildman–Crippen MR) is 224 cm³/mol. The second kappa shape index (κ2) is 24.7. The first-order chi connectivity index (χ1) is 29.1. The molecule has 0 amide bonds. The van der Waals surface area contributed by atoms with Crippen LogP contribution in [0.25, 0.3) is 0 Å². The Morgan fingerprint density at radius 1 is 0.984 bits per heavy atom. The van der Waals surface area contributed by atoms with Gasteiger partial charge in [0.25, 0.3) is 0 Å². The average Bonchev–Trinajstić information content (AvgIpc) is 3.15. The number of likely N-dealkylation sites (N-methyl/N-ethyl adjacent to an activating group) is 1. The van der Waals surface area contributed by atoms with Gasteiger partial charge in [0.15, 0.2) is 18.7 Å². The van der Waals surface area contributed by atoms with Gasteiger partial charge in [-0.2, -0.15) is 0 Å². The number of aliphatic hydroxyl groups excluding tert-OH is 1. The van der Waals surface area contributed by atoms with Gasteiger partial charge >= 0.3 is 23.9 Å². The van der Waals surface area contributed by atoms with E-state index in [1.54, 1.807) is 71.8 Å². The molecule has 3 aliphatic heterocycles. The number of aliphatic hydroxyl groups is 2. The van der Waals surface area contributed by atoms with Crippen LogP contribution in [-0.4, -0.2) is 152 Å². The van der Waals surface area contributed by atoms with Crippen LogP contribution in [0.3, 0.4) is 0 Å². The summed E-state index contributed by atoms with van der Waals surface area (Å²) in [5.74, 6) is -3.31. The monoisotopic (exact) mass is 883 g/mol. The Hall–Kier alpha value is -3.29. The van der Waals surface area contributed by atoms with Gasteiger partial charge in [0.05, 0.1) is 30.8 Å². The van der Waals surface area contributed by atoms with Crippen LogP contribution in [0.2, 0.25) is 0 Å². The summed E-state index contributed by atoms with van der Waals surface area (Å²) in [5, 5.41) is 23.7. The zero-order chi connectivity index (χ0) is 46.5. The molecule has 0 aromatic rings. The van der Waals surface area contributed by atoms with Crippen LogP contribution in [0, 0.1) is 17.8 Å². The number of methoxy groups -OCH3 is 1. The lowest BCUT2D eigenvalue weighted by atomic mass is 9.82. The standard InChI is InChI=1S/C45H73NO16/c1-13-34(49)59-32-18-16-14-15-17-27(5)55-36(51)23-33(58-30(8)48)42(54-12)41(31(19-20-47)22-26(32)4)62-44-39(52)38(46(10)11)40(28(6)57-44)61-37-24-45(9,53)43(29(7)56-37)60-35(50)21-25(2)3/h14-16,18,20,25-29,31-33,37-44,52-53H,13,17,19,21-24H2,1-12H3/b15-14-,18-16-/t26-,27-,28+,29-,31+,32+,33-,37+,38+,39-,40-,41+,42-,43+,44-,45-/m0/s1. The number of cyclic esters (lactones) is 1. The van der Waals surface area contributed by atoms with Gasteiger partial charge in [0, 0.05) is 46.1 Å². The maximum Gasteiger partial charge on any atom is 0.309 e. The fourth-order valence-electron chi connectivity index (χ4n) is 8.46. The SMILES string of the molecule is CCC(=O)O[C@@H]1/C=C\C=C/C[C@H](C)OC(=O)C[C@H](OC(C)=O)[C@H](OC)[C@H](O[C@@H]2O[C@H](C)[C@H](O[C@@H]3C[C@](C)(O)[C@H](OC(=O)CC(C)C)[C@H](C)O3)[C@H](N(C)C)[C@@H]2O)[C@H](CC=O)C[C@@H]1C. The maximum absolute atomic E-state index is 13.4. The van der Waals surface area contributed by atoms with Gasteiger partial charge in [-0.25, -0.2) is 0 Å². The normalized spacial score (nSPS) is 38.7. The van der Waals surface area contributed by atoms with Crippen molar-refractivity contribution >= 4 is 30.2 Å². The Bertz CT molecular complexity index is 1520. The molecule has 354 valence electrons. The van der Waals surface area contributed by atoms with E-state index in [2.05, 4.69) is 0 Å². The van der Waals surface area contributed by atoms with Crippen LogP contribution in [0.1, 0.15) is 107 Å². The molecule has 16 atom stereocenters. The zero-order valence-electron chi connectivity index (χ0n) is 38.6. The van der Waals surface area contributed by atoms with Crippen molar-refractivity contribution in [3.63, 3.8) is 0 Å². The van der Waals surface area contributed by atoms with Gasteiger partial charge in [-0.05, 0) is 72.0 Å². The zero-order valence-corrected chi connectivity index (χ0v) is 38.6. The Labute approximate surface area is 367 Å². The Morgan fingerprint density at radius 3 is 2.26 bits per heavy atom. The Morgan fingerprint density at radius 2 is 1.68 bits per heavy atom. The van der Waals surface area contributed by atoms with Gasteiger partial charge in [-0.1, -0.05) is 45.9 Å². The number of aldehydes is 1. The van der Waals surface area contributed by atoms with Gasteiger partial charge in [0.1, 0.15) is 48.5 Å². The molecule has 0 aromatic carbocycles. The van der Waals surface area contributed by atoms with Gasteiger partial charge in [-0.3, -0.25) is 19.2 Å². The second-order valence-electron chi connectivity index (χ2n) is 17.8. The van der Waals surface area contributed by atoms with Crippen molar-refractivity contribution < 1.29 is 76.8 Å². The lowest BCUT2D eigenvalue weighted by Gasteiger charge is -2.50. The minimum atomic E-state index is -1.51. The number of rotatable bonds is 14. The molecule has 0 aliphatic carbocycles. The predicted octanol–water partition coefficient (Wildman–Crippen LogP) is 3.97. The largest absolute Gasteiger partial charge is 0.462 e. The van der Waals surface area contributed by atoms with Gasteiger partial charge < -0.3 is 62.5 Å². The minimum absolute atomic E-state index is 0.0572. The van der Waals surface area contributed by atoms with Crippen molar-refractivity contribution in [2.75, 3.05) is 21.2 Å². The fraction of sp³-hybridized carbons (Fsp3) is 0.800. The van der Waals surface area contributed by atoms with E-state index >= 15 is 0 Å². The van der Waals surface area contributed by atoms with Crippen LogP contribution in [0.15, 0.2) is 24.3 Å². The molecular weight excluding hydrogens is 810 g/mol. The molecule has 2 fully saturated rings. The summed E-state index contributed by atoms with van der Waals surface area (Å²) < 4.78 is 54.7. The summed E-state index contributed by atoms with van der Waals surface area (Å²) in [5.41, 5.74) is -1.51. The highest BCUT2D eigenvalue weighted by Gasteiger charge is 2.53. The highest BCUT2D eigenvalue weighted by atomic mass is 16.7. The van der Waals surface area contributed by atoms with Crippen molar-refractivity contribution in [2.24, 2.45) is 17.8 Å². The lowest BCUT2D eigenvalue weighted by Crippen LogP contribution is -2.66. The quantitative estimate of drug-likeness (QED) is 0.144. The molecule has 3 rings (SSSR count). The molecular formula is C45H73NO16. The van der Waals surface area contributed by atoms with Crippen LogP contribution >= 0.6 is 0 Å². The summed E-state index contributed by atoms with van der Waals surface area (Å²) in [4.78, 5) is 65.3. The number of hydrogen-bond donors (Lipinski definition) is 2. The van der Waals surface area contributed by atoms with Crippen LogP contribution < -0.4 is 0 Å². The van der Waals surface area contributed by atoms with E-state index in [1.165, 1.54) is 14.0 Å². The molecule has 17 nitrogen and oxygen atoms in total. The average molecular weight is 884 g/mol. The molecule has 0 unspecified atom stereocenters. The maximum atomic E-state index is 13.4. The molecule has 0 bridgehead atoms. The number of allylic oxidation sites excluding steroid dienone is 2. The number of ether oxygens (including phenoxy) is 9. The third kappa shape index (κ3) is 15.5. The first kappa shape index (κ1) is 53.1. The van der Waals surface area contributed by atoms with Crippen molar-refractivity contribution in [3.05, 3.63) is 24.3 Å². The van der Waals surface area contributed by atoms with E-state index in [0.717, 1.165) is 0 Å². The van der Waals surface area contributed by atoms with Gasteiger partial charge in [0.2, 0.25) is 0 Å². The Balaban J connectivity index is 2.03. The number of carbonyl (C=O) groups excluding carboxylic acids is 5. The molecule has 0 spiro atoms. The van der Waals surface area contributed by atoms with E-state index in [9.17, 15) is 34.2 Å². The summed E-state index contributed by atoms with van der Waals surface area (Å²) in [7, 11) is 4.85. The highest BCUT2D eigenvalue weighted by molar-refractivity contribution is 5.72. The smallest absolute Gasteiger partial charge is 0.309 e. The lowest BCUT2D eigenvalue weighted by molar-refractivity contribution is -0.344. The molecule has 2 N–H and O–H groups in total. The summed E-state index contributed by atoms with van der Waals surface area (Å²) >= 11 is 0. The third-order valence-electron chi connectivity index (χ3n) is 11.4. The van der Waals surface area contributed by atoms with E-state index < -0.39 is 127 Å². The third-order valence-corrected chi connectivity index (χ3v) is 11.4. The molecule has 17 heteroatoms. The summed E-state index contributed by atoms with van der Waals surface area (Å²) in [6.07, 6.45) is -3.95. The van der Waals surface area contributed by atoms with Crippen molar-refractivity contribution in [1.82, 2.24) is 4.90 Å². The number of carbonyl (C=O) groups is 5. The topological polar surface area (TPSA) is 212 Å². The van der Waals surface area contributed by atoms with E-state index in [1.807, 2.05) is 26.8 Å². The minimum Gasteiger partial charge on any atom is -0.462 e. The van der Waals surface area contributed by atoms with E-state index in [0.29, 0.717) is 12.7 Å². The molecule has 3 aliphatic rings. The van der Waals surface area contributed by atoms with Gasteiger partial charge in [-0.15, -0.1) is 0 Å². The highest BCUT2D eigenvalue weighted by Crippen LogP contribution is 2.38. The number of hydrogen-bond acceptors (Lipinski definition) is 17. The fourth-order valence-corrected chi connectivity index (χ4v) is 8.46. The molecule has 62 heavy (non-hydrogen) atoms. The molecule has 3 heterocycles.